The van der Waals surface area contributed by atoms with Crippen LogP contribution in [-0.2, 0) is 28.6 Å². The van der Waals surface area contributed by atoms with Crippen LogP contribution in [-0.4, -0.2) is 37.2 Å². The molecule has 0 N–H and O–H groups in total. The molecule has 0 aliphatic carbocycles. The van der Waals surface area contributed by atoms with Crippen molar-refractivity contribution in [1.82, 2.24) is 0 Å². The molecular weight excluding hydrogens is 841 g/mol. The molecule has 0 saturated heterocycles. The first-order chi connectivity index (χ1) is 33.5. The Hall–Kier alpha value is -1.85. The Balaban J connectivity index is 4.09. The zero-order valence-electron chi connectivity index (χ0n) is 46.2. The van der Waals surface area contributed by atoms with Gasteiger partial charge in [0.25, 0.3) is 0 Å². The van der Waals surface area contributed by atoms with E-state index in [0.717, 1.165) is 57.8 Å². The Kier molecular flexibility index (Phi) is 56.2. The topological polar surface area (TPSA) is 78.9 Å². The lowest BCUT2D eigenvalue weighted by atomic mass is 10.0. The molecule has 0 aromatic heterocycles. The minimum atomic E-state index is -0.762. The molecule has 0 rings (SSSR count). The highest BCUT2D eigenvalue weighted by atomic mass is 16.6. The fourth-order valence-electron chi connectivity index (χ4n) is 9.38. The lowest BCUT2D eigenvalue weighted by Gasteiger charge is -2.18. The van der Waals surface area contributed by atoms with Gasteiger partial charge in [-0.1, -0.05) is 296 Å². The zero-order valence-corrected chi connectivity index (χ0v) is 46.2. The molecule has 0 radical (unpaired) electrons. The van der Waals surface area contributed by atoms with E-state index in [1.807, 2.05) is 0 Å². The van der Waals surface area contributed by atoms with E-state index in [2.05, 4.69) is 32.9 Å². The second kappa shape index (κ2) is 57.7. The molecule has 0 aliphatic heterocycles. The van der Waals surface area contributed by atoms with Crippen LogP contribution < -0.4 is 0 Å². The molecule has 0 aliphatic rings. The van der Waals surface area contributed by atoms with Crippen molar-refractivity contribution in [2.45, 2.75) is 354 Å². The summed E-state index contributed by atoms with van der Waals surface area (Å²) in [4.78, 5) is 38.1. The second-order valence-electron chi connectivity index (χ2n) is 21.0. The van der Waals surface area contributed by atoms with Gasteiger partial charge in [0, 0.05) is 19.3 Å². The Morgan fingerprint density at radius 3 is 0.735 bits per heavy atom. The fraction of sp³-hybridized carbons (Fsp3) is 0.919. The molecule has 1 atom stereocenters. The highest BCUT2D eigenvalue weighted by Crippen LogP contribution is 2.18. The van der Waals surface area contributed by atoms with Crippen LogP contribution in [0.15, 0.2) is 12.2 Å². The standard InChI is InChI=1S/C62H118O6/c1-4-7-10-13-16-19-22-24-25-26-27-28-29-30-31-32-33-34-35-36-37-39-40-43-46-49-52-55-61(64)67-58-59(57-66-60(63)54-51-48-45-42-21-18-15-12-9-6-3)68-62(65)56-53-50-47-44-41-38-23-20-17-14-11-8-5-2/h26-27,59H,4-25,28-58H2,1-3H3/b27-26-. The summed E-state index contributed by atoms with van der Waals surface area (Å²) < 4.78 is 16.9. The molecule has 6 heteroatoms. The van der Waals surface area contributed by atoms with Crippen LogP contribution >= 0.6 is 0 Å². The maximum absolute atomic E-state index is 12.8. The minimum absolute atomic E-state index is 0.0635. The second-order valence-corrected chi connectivity index (χ2v) is 21.0. The third-order valence-electron chi connectivity index (χ3n) is 14.0. The molecule has 0 heterocycles. The third kappa shape index (κ3) is 55.1. The number of unbranched alkanes of at least 4 members (excludes halogenated alkanes) is 44. The van der Waals surface area contributed by atoms with Crippen molar-refractivity contribution in [3.05, 3.63) is 12.2 Å². The van der Waals surface area contributed by atoms with Crippen molar-refractivity contribution in [2.24, 2.45) is 0 Å². The summed E-state index contributed by atoms with van der Waals surface area (Å²) >= 11 is 0. The van der Waals surface area contributed by atoms with Crippen molar-refractivity contribution >= 4 is 17.9 Å². The van der Waals surface area contributed by atoms with Gasteiger partial charge in [-0.15, -0.1) is 0 Å². The van der Waals surface area contributed by atoms with Crippen molar-refractivity contribution in [1.29, 1.82) is 0 Å². The van der Waals surface area contributed by atoms with Crippen LogP contribution in [0.25, 0.3) is 0 Å². The first-order valence-corrected chi connectivity index (χ1v) is 30.7. The molecular formula is C62H118O6. The molecule has 402 valence electrons. The van der Waals surface area contributed by atoms with E-state index < -0.39 is 6.10 Å². The fourth-order valence-corrected chi connectivity index (χ4v) is 9.38. The molecule has 0 aromatic carbocycles. The highest BCUT2D eigenvalue weighted by molar-refractivity contribution is 5.71. The average molecular weight is 960 g/mol. The summed E-state index contributed by atoms with van der Waals surface area (Å²) in [5.74, 6) is -0.841. The molecule has 0 bridgehead atoms. The summed E-state index contributed by atoms with van der Waals surface area (Å²) in [6, 6.07) is 0. The number of hydrogen-bond donors (Lipinski definition) is 0. The predicted octanol–water partition coefficient (Wildman–Crippen LogP) is 20.5. The van der Waals surface area contributed by atoms with Gasteiger partial charge in [0.05, 0.1) is 0 Å². The van der Waals surface area contributed by atoms with Gasteiger partial charge in [-0.05, 0) is 44.9 Å². The van der Waals surface area contributed by atoms with Gasteiger partial charge < -0.3 is 14.2 Å². The lowest BCUT2D eigenvalue weighted by Crippen LogP contribution is -2.30. The van der Waals surface area contributed by atoms with E-state index in [-0.39, 0.29) is 31.1 Å². The number of ether oxygens (including phenoxy) is 3. The normalized spacial score (nSPS) is 12.0. The summed E-state index contributed by atoms with van der Waals surface area (Å²) in [6.07, 6.45) is 66.6. The Morgan fingerprint density at radius 2 is 0.485 bits per heavy atom. The SMILES string of the molecule is CCCCCCCCCC/C=C\CCCCCCCCCCCCCCCCCC(=O)OCC(COC(=O)CCCCCCCCCCCC)OC(=O)CCCCCCCCCCCCCCC. The van der Waals surface area contributed by atoms with Gasteiger partial charge in [-0.3, -0.25) is 14.4 Å². The number of rotatable bonds is 57. The summed E-state index contributed by atoms with van der Waals surface area (Å²) in [5.41, 5.74) is 0. The predicted molar refractivity (Wildman–Crippen MR) is 293 cm³/mol. The van der Waals surface area contributed by atoms with Crippen molar-refractivity contribution < 1.29 is 28.6 Å². The van der Waals surface area contributed by atoms with E-state index >= 15 is 0 Å². The Bertz CT molecular complexity index is 1060. The Labute approximate surface area is 424 Å². The van der Waals surface area contributed by atoms with Crippen LogP contribution in [0.3, 0.4) is 0 Å². The van der Waals surface area contributed by atoms with Crippen molar-refractivity contribution in [3.63, 3.8) is 0 Å². The van der Waals surface area contributed by atoms with Crippen LogP contribution in [0.4, 0.5) is 0 Å². The third-order valence-corrected chi connectivity index (χ3v) is 14.0. The summed E-state index contributed by atoms with van der Waals surface area (Å²) in [7, 11) is 0. The number of allylic oxidation sites excluding steroid dienone is 2. The molecule has 0 aromatic rings. The van der Waals surface area contributed by atoms with Gasteiger partial charge in [0.2, 0.25) is 0 Å². The van der Waals surface area contributed by atoms with Gasteiger partial charge in [0.15, 0.2) is 6.10 Å². The van der Waals surface area contributed by atoms with Crippen LogP contribution in [0.1, 0.15) is 348 Å². The van der Waals surface area contributed by atoms with E-state index in [0.29, 0.717) is 19.3 Å². The number of carbonyl (C=O) groups is 3. The quantitative estimate of drug-likeness (QED) is 0.0262. The number of hydrogen-bond acceptors (Lipinski definition) is 6. The number of carbonyl (C=O) groups excluding carboxylic acids is 3. The summed E-state index contributed by atoms with van der Waals surface area (Å²) in [5, 5.41) is 0. The van der Waals surface area contributed by atoms with E-state index in [1.54, 1.807) is 0 Å². The molecule has 68 heavy (non-hydrogen) atoms. The smallest absolute Gasteiger partial charge is 0.306 e. The average Bonchev–Trinajstić information content (AvgIpc) is 3.34. The summed E-state index contributed by atoms with van der Waals surface area (Å²) in [6.45, 7) is 6.68. The zero-order chi connectivity index (χ0) is 49.3. The first kappa shape index (κ1) is 66.2. The van der Waals surface area contributed by atoms with E-state index in [1.165, 1.54) is 250 Å². The monoisotopic (exact) mass is 959 g/mol. The van der Waals surface area contributed by atoms with E-state index in [9.17, 15) is 14.4 Å². The Morgan fingerprint density at radius 1 is 0.279 bits per heavy atom. The highest BCUT2D eigenvalue weighted by Gasteiger charge is 2.19. The maximum atomic E-state index is 12.8. The molecule has 0 amide bonds. The van der Waals surface area contributed by atoms with Gasteiger partial charge in [0.1, 0.15) is 13.2 Å². The van der Waals surface area contributed by atoms with Crippen LogP contribution in [0.5, 0.6) is 0 Å². The first-order valence-electron chi connectivity index (χ1n) is 30.7. The van der Waals surface area contributed by atoms with Gasteiger partial charge >= 0.3 is 17.9 Å². The van der Waals surface area contributed by atoms with Crippen molar-refractivity contribution in [3.8, 4) is 0 Å². The molecule has 0 spiro atoms. The van der Waals surface area contributed by atoms with Crippen molar-refractivity contribution in [2.75, 3.05) is 13.2 Å². The van der Waals surface area contributed by atoms with Gasteiger partial charge in [-0.2, -0.15) is 0 Å². The molecule has 0 saturated carbocycles. The van der Waals surface area contributed by atoms with Gasteiger partial charge in [-0.25, -0.2) is 0 Å². The van der Waals surface area contributed by atoms with Crippen LogP contribution in [0, 0.1) is 0 Å². The van der Waals surface area contributed by atoms with Crippen LogP contribution in [0.2, 0.25) is 0 Å². The molecule has 6 nitrogen and oxygen atoms in total. The lowest BCUT2D eigenvalue weighted by molar-refractivity contribution is -0.167. The molecule has 1 unspecified atom stereocenters. The largest absolute Gasteiger partial charge is 0.462 e. The minimum Gasteiger partial charge on any atom is -0.462 e. The molecule has 0 fully saturated rings. The number of esters is 3. The van der Waals surface area contributed by atoms with E-state index in [4.69, 9.17) is 14.2 Å². The maximum Gasteiger partial charge on any atom is 0.306 e.